The summed E-state index contributed by atoms with van der Waals surface area (Å²) in [4.78, 5) is 0. The van der Waals surface area contributed by atoms with E-state index in [0.29, 0.717) is 6.04 Å². The molecule has 0 saturated heterocycles. The van der Waals surface area contributed by atoms with Gasteiger partial charge in [-0.3, -0.25) is 0 Å². The second kappa shape index (κ2) is 10.8. The fourth-order valence-electron chi connectivity index (χ4n) is 2.60. The summed E-state index contributed by atoms with van der Waals surface area (Å²) in [6.07, 6.45) is 4.84. The van der Waals surface area contributed by atoms with Crippen LogP contribution in [0.3, 0.4) is 0 Å². The zero-order chi connectivity index (χ0) is 15.5. The van der Waals surface area contributed by atoms with E-state index in [4.69, 9.17) is 4.74 Å². The number of nitrogens with one attached hydrogen (secondary N) is 1. The van der Waals surface area contributed by atoms with Crippen molar-refractivity contribution in [2.24, 2.45) is 5.92 Å². The predicted octanol–water partition coefficient (Wildman–Crippen LogP) is 4.96. The van der Waals surface area contributed by atoms with Crippen LogP contribution in [-0.2, 0) is 4.74 Å². The van der Waals surface area contributed by atoms with E-state index in [9.17, 15) is 0 Å². The van der Waals surface area contributed by atoms with Crippen molar-refractivity contribution in [1.82, 2.24) is 5.32 Å². The van der Waals surface area contributed by atoms with E-state index >= 15 is 0 Å². The summed E-state index contributed by atoms with van der Waals surface area (Å²) in [5.41, 5.74) is 1.33. The SMILES string of the molecule is CCCNC(c1ccccc1)C(CC)OCCCC(C)C. The minimum Gasteiger partial charge on any atom is -0.376 e. The maximum absolute atomic E-state index is 6.19. The maximum Gasteiger partial charge on any atom is 0.0767 e. The van der Waals surface area contributed by atoms with Crippen molar-refractivity contribution in [2.45, 2.75) is 65.5 Å². The van der Waals surface area contributed by atoms with Gasteiger partial charge in [-0.05, 0) is 43.7 Å². The van der Waals surface area contributed by atoms with Crippen molar-refractivity contribution in [3.8, 4) is 0 Å². The van der Waals surface area contributed by atoms with Gasteiger partial charge in [-0.1, -0.05) is 58.0 Å². The van der Waals surface area contributed by atoms with Crippen molar-refractivity contribution >= 4 is 0 Å². The van der Waals surface area contributed by atoms with Crippen LogP contribution in [0.25, 0.3) is 0 Å². The van der Waals surface area contributed by atoms with Gasteiger partial charge in [0.05, 0.1) is 12.1 Å². The van der Waals surface area contributed by atoms with Gasteiger partial charge < -0.3 is 10.1 Å². The van der Waals surface area contributed by atoms with E-state index in [0.717, 1.165) is 38.3 Å². The number of hydrogen-bond donors (Lipinski definition) is 1. The lowest BCUT2D eigenvalue weighted by atomic mass is 9.99. The Morgan fingerprint density at radius 3 is 2.38 bits per heavy atom. The average molecular weight is 291 g/mol. The summed E-state index contributed by atoms with van der Waals surface area (Å²) >= 11 is 0. The van der Waals surface area contributed by atoms with Gasteiger partial charge >= 0.3 is 0 Å². The first kappa shape index (κ1) is 18.2. The highest BCUT2D eigenvalue weighted by Crippen LogP contribution is 2.22. The van der Waals surface area contributed by atoms with Crippen LogP contribution in [0.1, 0.15) is 65.0 Å². The Bertz CT molecular complexity index is 350. The van der Waals surface area contributed by atoms with Crippen molar-refractivity contribution in [3.63, 3.8) is 0 Å². The fraction of sp³-hybridized carbons (Fsp3) is 0.684. The summed E-state index contributed by atoms with van der Waals surface area (Å²) in [5.74, 6) is 0.761. The quantitative estimate of drug-likeness (QED) is 0.582. The second-order valence-electron chi connectivity index (χ2n) is 6.20. The van der Waals surface area contributed by atoms with Gasteiger partial charge in [-0.2, -0.15) is 0 Å². The summed E-state index contributed by atoms with van der Waals surface area (Å²) < 4.78 is 6.19. The topological polar surface area (TPSA) is 21.3 Å². The maximum atomic E-state index is 6.19. The van der Waals surface area contributed by atoms with Crippen LogP contribution in [0.4, 0.5) is 0 Å². The van der Waals surface area contributed by atoms with Crippen LogP contribution in [0.5, 0.6) is 0 Å². The first-order chi connectivity index (χ1) is 10.2. The molecule has 1 aromatic carbocycles. The van der Waals surface area contributed by atoms with E-state index in [-0.39, 0.29) is 6.10 Å². The molecule has 0 aliphatic heterocycles. The molecular formula is C19H33NO. The Morgan fingerprint density at radius 2 is 1.81 bits per heavy atom. The molecule has 0 heterocycles. The van der Waals surface area contributed by atoms with Crippen molar-refractivity contribution in [3.05, 3.63) is 35.9 Å². The monoisotopic (exact) mass is 291 g/mol. The molecule has 2 atom stereocenters. The number of rotatable bonds is 11. The second-order valence-corrected chi connectivity index (χ2v) is 6.20. The van der Waals surface area contributed by atoms with Gasteiger partial charge in [-0.25, -0.2) is 0 Å². The summed E-state index contributed by atoms with van der Waals surface area (Å²) in [6, 6.07) is 11.0. The minimum absolute atomic E-state index is 0.256. The van der Waals surface area contributed by atoms with Gasteiger partial charge in [0.1, 0.15) is 0 Å². The highest BCUT2D eigenvalue weighted by molar-refractivity contribution is 5.20. The van der Waals surface area contributed by atoms with E-state index < -0.39 is 0 Å². The Kier molecular flexibility index (Phi) is 9.36. The van der Waals surface area contributed by atoms with Crippen LogP contribution in [0, 0.1) is 5.92 Å². The molecule has 0 saturated carbocycles. The summed E-state index contributed by atoms with van der Waals surface area (Å²) in [5, 5.41) is 3.66. The first-order valence-electron chi connectivity index (χ1n) is 8.58. The normalized spacial score (nSPS) is 14.3. The first-order valence-corrected chi connectivity index (χ1v) is 8.58. The molecule has 0 spiro atoms. The molecule has 1 aromatic rings. The molecule has 0 bridgehead atoms. The van der Waals surface area contributed by atoms with Gasteiger partial charge in [0.25, 0.3) is 0 Å². The molecule has 0 aliphatic rings. The predicted molar refractivity (Wildman–Crippen MR) is 91.6 cm³/mol. The third-order valence-corrected chi connectivity index (χ3v) is 3.80. The van der Waals surface area contributed by atoms with E-state index in [2.05, 4.69) is 63.3 Å². The third-order valence-electron chi connectivity index (χ3n) is 3.80. The standard InChI is InChI=1S/C19H33NO/c1-5-14-20-19(17-12-8-7-9-13-17)18(6-2)21-15-10-11-16(3)4/h7-9,12-13,16,18-20H,5-6,10-11,14-15H2,1-4H3. The van der Waals surface area contributed by atoms with Crippen LogP contribution < -0.4 is 5.32 Å². The Morgan fingerprint density at radius 1 is 1.10 bits per heavy atom. The van der Waals surface area contributed by atoms with E-state index in [1.165, 1.54) is 12.0 Å². The molecule has 0 aliphatic carbocycles. The largest absolute Gasteiger partial charge is 0.376 e. The molecular weight excluding hydrogens is 258 g/mol. The lowest BCUT2D eigenvalue weighted by molar-refractivity contribution is 0.0202. The molecule has 2 nitrogen and oxygen atoms in total. The van der Waals surface area contributed by atoms with Crippen molar-refractivity contribution in [1.29, 1.82) is 0 Å². The highest BCUT2D eigenvalue weighted by atomic mass is 16.5. The molecule has 21 heavy (non-hydrogen) atoms. The molecule has 1 rings (SSSR count). The number of hydrogen-bond acceptors (Lipinski definition) is 2. The molecule has 0 fully saturated rings. The Hall–Kier alpha value is -0.860. The van der Waals surface area contributed by atoms with Gasteiger partial charge in [0.15, 0.2) is 0 Å². The Labute approximate surface area is 131 Å². The fourth-order valence-corrected chi connectivity index (χ4v) is 2.60. The van der Waals surface area contributed by atoms with Crippen molar-refractivity contribution < 1.29 is 4.74 Å². The van der Waals surface area contributed by atoms with Crippen LogP contribution in [-0.4, -0.2) is 19.3 Å². The van der Waals surface area contributed by atoms with Crippen LogP contribution in [0.15, 0.2) is 30.3 Å². The molecule has 0 aromatic heterocycles. The smallest absolute Gasteiger partial charge is 0.0767 e. The zero-order valence-electron chi connectivity index (χ0n) is 14.3. The van der Waals surface area contributed by atoms with Crippen LogP contribution in [0.2, 0.25) is 0 Å². The van der Waals surface area contributed by atoms with Gasteiger partial charge in [0.2, 0.25) is 0 Å². The van der Waals surface area contributed by atoms with Gasteiger partial charge in [-0.15, -0.1) is 0 Å². The number of benzene rings is 1. The highest BCUT2D eigenvalue weighted by Gasteiger charge is 2.21. The molecule has 2 unspecified atom stereocenters. The molecule has 2 heteroatoms. The minimum atomic E-state index is 0.256. The Balaban J connectivity index is 2.61. The molecule has 120 valence electrons. The lowest BCUT2D eigenvalue weighted by Crippen LogP contribution is -2.34. The van der Waals surface area contributed by atoms with Crippen molar-refractivity contribution in [2.75, 3.05) is 13.2 Å². The summed E-state index contributed by atoms with van der Waals surface area (Å²) in [6.45, 7) is 10.9. The average Bonchev–Trinajstić information content (AvgIpc) is 2.50. The lowest BCUT2D eigenvalue weighted by Gasteiger charge is -2.28. The zero-order valence-corrected chi connectivity index (χ0v) is 14.3. The van der Waals surface area contributed by atoms with E-state index in [1.54, 1.807) is 0 Å². The molecule has 1 N–H and O–H groups in total. The van der Waals surface area contributed by atoms with E-state index in [1.807, 2.05) is 0 Å². The third kappa shape index (κ3) is 7.10. The number of ether oxygens (including phenoxy) is 1. The van der Waals surface area contributed by atoms with Crippen LogP contribution >= 0.6 is 0 Å². The van der Waals surface area contributed by atoms with Gasteiger partial charge in [0, 0.05) is 6.61 Å². The molecule has 0 amide bonds. The molecule has 0 radical (unpaired) electrons. The summed E-state index contributed by atoms with van der Waals surface area (Å²) in [7, 11) is 0.